The summed E-state index contributed by atoms with van der Waals surface area (Å²) in [5, 5.41) is 13.5. The summed E-state index contributed by atoms with van der Waals surface area (Å²) in [6.45, 7) is 3.09. The molecule has 1 N–H and O–H groups in total. The first-order chi connectivity index (χ1) is 12.3. The van der Waals surface area contributed by atoms with Gasteiger partial charge in [-0.2, -0.15) is 0 Å². The molecule has 8 nitrogen and oxygen atoms in total. The minimum Gasteiger partial charge on any atom is -0.496 e. The third kappa shape index (κ3) is 4.35. The summed E-state index contributed by atoms with van der Waals surface area (Å²) in [5.41, 5.74) is 1.73. The van der Waals surface area contributed by atoms with Crippen LogP contribution in [0.1, 0.15) is 21.5 Å². The highest BCUT2D eigenvalue weighted by Gasteiger charge is 2.19. The highest BCUT2D eigenvalue weighted by Crippen LogP contribution is 2.28. The van der Waals surface area contributed by atoms with Crippen LogP contribution in [0.25, 0.3) is 0 Å². The van der Waals surface area contributed by atoms with Gasteiger partial charge in [-0.25, -0.2) is 4.79 Å². The first kappa shape index (κ1) is 18.9. The summed E-state index contributed by atoms with van der Waals surface area (Å²) < 4.78 is 9.92. The second kappa shape index (κ2) is 8.11. The molecule has 136 valence electrons. The molecule has 0 aliphatic heterocycles. The van der Waals surface area contributed by atoms with E-state index in [1.54, 1.807) is 19.1 Å². The van der Waals surface area contributed by atoms with Crippen molar-refractivity contribution in [2.75, 3.05) is 19.0 Å². The fraction of sp³-hybridized carbons (Fsp3) is 0.222. The van der Waals surface area contributed by atoms with Gasteiger partial charge in [-0.1, -0.05) is 12.1 Å². The van der Waals surface area contributed by atoms with E-state index in [1.807, 2.05) is 13.0 Å². The molecule has 2 aromatic rings. The van der Waals surface area contributed by atoms with Crippen LogP contribution in [0.4, 0.5) is 11.4 Å². The summed E-state index contributed by atoms with van der Waals surface area (Å²) in [5.74, 6) is -1.03. The lowest BCUT2D eigenvalue weighted by Gasteiger charge is -2.10. The fourth-order valence-electron chi connectivity index (χ4n) is 2.26. The molecule has 0 saturated carbocycles. The topological polar surface area (TPSA) is 108 Å². The Bertz CT molecular complexity index is 863. The van der Waals surface area contributed by atoms with Crippen LogP contribution in [-0.4, -0.2) is 30.5 Å². The van der Waals surface area contributed by atoms with E-state index >= 15 is 0 Å². The zero-order valence-corrected chi connectivity index (χ0v) is 14.6. The number of ether oxygens (including phenoxy) is 2. The Labute approximate surface area is 149 Å². The minimum absolute atomic E-state index is 0.0106. The normalized spacial score (nSPS) is 10.1. The average Bonchev–Trinajstić information content (AvgIpc) is 2.62. The SMILES string of the molecule is COc1ccc(NC(=O)COC(=O)c2cccc(C)c2C)c([N+](=O)[O-])c1. The van der Waals surface area contributed by atoms with Crippen molar-refractivity contribution in [2.45, 2.75) is 13.8 Å². The number of esters is 1. The van der Waals surface area contributed by atoms with Crippen LogP contribution in [0.2, 0.25) is 0 Å². The van der Waals surface area contributed by atoms with Crippen LogP contribution in [0, 0.1) is 24.0 Å². The molecule has 0 radical (unpaired) electrons. The van der Waals surface area contributed by atoms with Gasteiger partial charge in [0.1, 0.15) is 11.4 Å². The second-order valence-electron chi connectivity index (χ2n) is 5.51. The molecule has 0 heterocycles. The van der Waals surface area contributed by atoms with Crippen LogP contribution < -0.4 is 10.1 Å². The molecule has 0 atom stereocenters. The van der Waals surface area contributed by atoms with E-state index in [2.05, 4.69) is 5.32 Å². The van der Waals surface area contributed by atoms with Gasteiger partial charge in [0, 0.05) is 0 Å². The maximum atomic E-state index is 12.1. The largest absolute Gasteiger partial charge is 0.496 e. The van der Waals surface area contributed by atoms with Crippen LogP contribution in [0.3, 0.4) is 0 Å². The van der Waals surface area contributed by atoms with Crippen molar-refractivity contribution >= 4 is 23.3 Å². The van der Waals surface area contributed by atoms with Gasteiger partial charge in [0.2, 0.25) is 0 Å². The summed E-state index contributed by atoms with van der Waals surface area (Å²) in [6.07, 6.45) is 0. The van der Waals surface area contributed by atoms with E-state index in [0.29, 0.717) is 5.56 Å². The zero-order valence-electron chi connectivity index (χ0n) is 14.6. The smallest absolute Gasteiger partial charge is 0.338 e. The highest BCUT2D eigenvalue weighted by molar-refractivity contribution is 5.97. The molecule has 1 amide bonds. The molecule has 0 saturated heterocycles. The summed E-state index contributed by atoms with van der Waals surface area (Å²) in [6, 6.07) is 9.21. The van der Waals surface area contributed by atoms with Crippen molar-refractivity contribution < 1.29 is 24.0 Å². The van der Waals surface area contributed by atoms with Crippen molar-refractivity contribution in [3.05, 3.63) is 63.2 Å². The number of methoxy groups -OCH3 is 1. The number of amides is 1. The van der Waals surface area contributed by atoms with Crippen molar-refractivity contribution in [3.63, 3.8) is 0 Å². The number of nitrogens with zero attached hydrogens (tertiary/aromatic N) is 1. The number of aryl methyl sites for hydroxylation is 1. The first-order valence-electron chi connectivity index (χ1n) is 7.69. The van der Waals surface area contributed by atoms with Crippen molar-refractivity contribution in [1.29, 1.82) is 0 Å². The minimum atomic E-state index is -0.683. The predicted octanol–water partition coefficient (Wildman–Crippen LogP) is 3.02. The molecule has 0 spiro atoms. The number of nitro benzene ring substituents is 1. The van der Waals surface area contributed by atoms with E-state index < -0.39 is 23.4 Å². The number of benzene rings is 2. The lowest BCUT2D eigenvalue weighted by molar-refractivity contribution is -0.384. The number of hydrogen-bond donors (Lipinski definition) is 1. The van der Waals surface area contributed by atoms with Crippen molar-refractivity contribution in [3.8, 4) is 5.75 Å². The Balaban J connectivity index is 2.04. The second-order valence-corrected chi connectivity index (χ2v) is 5.51. The molecular weight excluding hydrogens is 340 g/mol. The molecule has 0 fully saturated rings. The monoisotopic (exact) mass is 358 g/mol. The number of rotatable bonds is 6. The van der Waals surface area contributed by atoms with Gasteiger partial charge in [0.15, 0.2) is 6.61 Å². The quantitative estimate of drug-likeness (QED) is 0.483. The summed E-state index contributed by atoms with van der Waals surface area (Å²) in [7, 11) is 1.38. The Hall–Kier alpha value is -3.42. The molecule has 26 heavy (non-hydrogen) atoms. The Morgan fingerprint density at radius 1 is 1.19 bits per heavy atom. The van der Waals surface area contributed by atoms with E-state index in [0.717, 1.165) is 11.1 Å². The molecule has 0 bridgehead atoms. The van der Waals surface area contributed by atoms with Crippen molar-refractivity contribution in [2.24, 2.45) is 0 Å². The molecular formula is C18H18N2O6. The Morgan fingerprint density at radius 3 is 2.58 bits per heavy atom. The van der Waals surface area contributed by atoms with Crippen LogP contribution in [-0.2, 0) is 9.53 Å². The highest BCUT2D eigenvalue weighted by atomic mass is 16.6. The zero-order chi connectivity index (χ0) is 19.3. The lowest BCUT2D eigenvalue weighted by atomic mass is 10.0. The Kier molecular flexibility index (Phi) is 5.90. The summed E-state index contributed by atoms with van der Waals surface area (Å²) >= 11 is 0. The number of anilines is 1. The molecule has 0 aliphatic rings. The molecule has 0 aromatic heterocycles. The first-order valence-corrected chi connectivity index (χ1v) is 7.69. The summed E-state index contributed by atoms with van der Waals surface area (Å²) in [4.78, 5) is 34.6. The third-order valence-corrected chi connectivity index (χ3v) is 3.83. The van der Waals surface area contributed by atoms with Gasteiger partial charge in [-0.15, -0.1) is 0 Å². The Morgan fingerprint density at radius 2 is 1.92 bits per heavy atom. The third-order valence-electron chi connectivity index (χ3n) is 3.83. The molecule has 8 heteroatoms. The van der Waals surface area contributed by atoms with E-state index in [9.17, 15) is 19.7 Å². The lowest BCUT2D eigenvalue weighted by Crippen LogP contribution is -2.21. The predicted molar refractivity (Wildman–Crippen MR) is 94.5 cm³/mol. The van der Waals surface area contributed by atoms with Gasteiger partial charge in [0.05, 0.1) is 23.7 Å². The van der Waals surface area contributed by atoms with Crippen molar-refractivity contribution in [1.82, 2.24) is 0 Å². The van der Waals surface area contributed by atoms with Gasteiger partial charge in [-0.05, 0) is 43.2 Å². The van der Waals surface area contributed by atoms with Crippen LogP contribution >= 0.6 is 0 Å². The number of nitrogens with one attached hydrogen (secondary N) is 1. The number of hydrogen-bond acceptors (Lipinski definition) is 6. The van der Waals surface area contributed by atoms with Crippen LogP contribution in [0.5, 0.6) is 5.75 Å². The van der Waals surface area contributed by atoms with Gasteiger partial charge in [0.25, 0.3) is 11.6 Å². The number of nitro groups is 1. The standard InChI is InChI=1S/C18H18N2O6/c1-11-5-4-6-14(12(11)2)18(22)26-10-17(21)19-15-8-7-13(25-3)9-16(15)20(23)24/h4-9H,10H2,1-3H3,(H,19,21). The van der Waals surface area contributed by atoms with E-state index in [-0.39, 0.29) is 17.1 Å². The van der Waals surface area contributed by atoms with Gasteiger partial charge in [-0.3, -0.25) is 14.9 Å². The van der Waals surface area contributed by atoms with Crippen LogP contribution in [0.15, 0.2) is 36.4 Å². The number of carbonyl (C=O) groups is 2. The number of carbonyl (C=O) groups excluding carboxylic acids is 2. The maximum absolute atomic E-state index is 12.1. The fourth-order valence-corrected chi connectivity index (χ4v) is 2.26. The average molecular weight is 358 g/mol. The van der Waals surface area contributed by atoms with E-state index in [1.165, 1.54) is 25.3 Å². The van der Waals surface area contributed by atoms with Gasteiger partial charge >= 0.3 is 5.97 Å². The molecule has 0 unspecified atom stereocenters. The molecule has 0 aliphatic carbocycles. The molecule has 2 rings (SSSR count). The molecule has 2 aromatic carbocycles. The van der Waals surface area contributed by atoms with E-state index in [4.69, 9.17) is 9.47 Å². The van der Waals surface area contributed by atoms with Gasteiger partial charge < -0.3 is 14.8 Å². The maximum Gasteiger partial charge on any atom is 0.338 e.